The van der Waals surface area contributed by atoms with Crippen LogP contribution in [0, 0.1) is 0 Å². The van der Waals surface area contributed by atoms with Gasteiger partial charge in [-0.25, -0.2) is 4.79 Å². The lowest BCUT2D eigenvalue weighted by Gasteiger charge is -2.40. The van der Waals surface area contributed by atoms with E-state index in [2.05, 4.69) is 4.98 Å². The molecule has 0 radical (unpaired) electrons. The van der Waals surface area contributed by atoms with E-state index >= 15 is 0 Å². The monoisotopic (exact) mass is 529 g/mol. The highest BCUT2D eigenvalue weighted by molar-refractivity contribution is 5.94. The molecular formula is C28H35NO9. The number of para-hydroxylation sites is 1. The van der Waals surface area contributed by atoms with Crippen LogP contribution in [0.15, 0.2) is 36.5 Å². The summed E-state index contributed by atoms with van der Waals surface area (Å²) in [4.78, 5) is 53.0. The molecule has 0 spiro atoms. The molecule has 206 valence electrons. The lowest BCUT2D eigenvalue weighted by atomic mass is 10.0. The molecular weight excluding hydrogens is 494 g/mol. The SMILES string of the molecule is CCCC(=O)O[C@@H]1[C@@H](OC(=O)CCC)[C@H](OC(=O)/C=C/c2c[nH]c3ccccc23)OC[C@H]1OC(=O)CCC. The molecule has 38 heavy (non-hydrogen) atoms. The highest BCUT2D eigenvalue weighted by Crippen LogP contribution is 2.27. The van der Waals surface area contributed by atoms with Crippen LogP contribution in [0.3, 0.4) is 0 Å². The van der Waals surface area contributed by atoms with Gasteiger partial charge in [0.1, 0.15) is 0 Å². The van der Waals surface area contributed by atoms with Crippen LogP contribution < -0.4 is 0 Å². The average molecular weight is 530 g/mol. The van der Waals surface area contributed by atoms with Gasteiger partial charge in [-0.05, 0) is 31.4 Å². The lowest BCUT2D eigenvalue weighted by molar-refractivity contribution is -0.274. The second kappa shape index (κ2) is 14.3. The summed E-state index contributed by atoms with van der Waals surface area (Å²) in [5.41, 5.74) is 1.70. The molecule has 1 saturated heterocycles. The zero-order valence-corrected chi connectivity index (χ0v) is 22.0. The third-order valence-electron chi connectivity index (χ3n) is 5.82. The van der Waals surface area contributed by atoms with E-state index in [9.17, 15) is 19.2 Å². The van der Waals surface area contributed by atoms with Crippen LogP contribution in [0.1, 0.15) is 64.9 Å². The standard InChI is InChI=1S/C28H35NO9/c1-4-9-22(30)35-21-17-34-28(27(37-24(32)11-6-3)26(21)36-23(31)10-5-2)38-25(33)15-14-18-16-29-20-13-8-7-12-19(18)20/h7-8,12-16,21,26-29H,4-6,9-11,17H2,1-3H3/b15-14+/t21-,26+,27-,28+/m1/s1. The van der Waals surface area contributed by atoms with E-state index in [1.165, 1.54) is 6.08 Å². The smallest absolute Gasteiger partial charge is 0.333 e. The normalized spacial score (nSPS) is 21.2. The number of carbonyl (C=O) groups is 4. The number of ether oxygens (including phenoxy) is 5. The van der Waals surface area contributed by atoms with Crippen molar-refractivity contribution in [2.75, 3.05) is 6.61 Å². The van der Waals surface area contributed by atoms with E-state index in [0.717, 1.165) is 16.5 Å². The molecule has 1 fully saturated rings. The number of esters is 4. The Morgan fingerprint density at radius 1 is 0.868 bits per heavy atom. The van der Waals surface area contributed by atoms with Crippen LogP contribution in [-0.4, -0.2) is 60.1 Å². The molecule has 1 aliphatic rings. The zero-order chi connectivity index (χ0) is 27.5. The van der Waals surface area contributed by atoms with Gasteiger partial charge in [0.25, 0.3) is 0 Å². The Bertz CT molecular complexity index is 1140. The Hall–Kier alpha value is -3.66. The van der Waals surface area contributed by atoms with E-state index in [1.54, 1.807) is 19.2 Å². The number of aromatic nitrogens is 1. The molecule has 10 nitrogen and oxygen atoms in total. The van der Waals surface area contributed by atoms with Crippen molar-refractivity contribution in [2.45, 2.75) is 83.9 Å². The summed E-state index contributed by atoms with van der Waals surface area (Å²) in [5.74, 6) is -2.41. The maximum atomic E-state index is 12.7. The first kappa shape index (κ1) is 28.9. The Morgan fingerprint density at radius 2 is 1.47 bits per heavy atom. The topological polar surface area (TPSA) is 130 Å². The first-order chi connectivity index (χ1) is 18.4. The lowest BCUT2D eigenvalue weighted by Crippen LogP contribution is -2.58. The largest absolute Gasteiger partial charge is 0.456 e. The molecule has 0 aliphatic carbocycles. The summed E-state index contributed by atoms with van der Waals surface area (Å²) in [6, 6.07) is 7.62. The Balaban J connectivity index is 1.81. The molecule has 0 bridgehead atoms. The van der Waals surface area contributed by atoms with Crippen LogP contribution in [-0.2, 0) is 42.9 Å². The van der Waals surface area contributed by atoms with Gasteiger partial charge in [-0.1, -0.05) is 39.0 Å². The summed E-state index contributed by atoms with van der Waals surface area (Å²) in [5, 5.41) is 0.927. The van der Waals surface area contributed by atoms with Gasteiger partial charge in [-0.2, -0.15) is 0 Å². The second-order valence-electron chi connectivity index (χ2n) is 8.95. The minimum absolute atomic E-state index is 0.0908. The van der Waals surface area contributed by atoms with Gasteiger partial charge in [0, 0.05) is 48.0 Å². The van der Waals surface area contributed by atoms with Gasteiger partial charge < -0.3 is 28.7 Å². The van der Waals surface area contributed by atoms with E-state index < -0.39 is 48.5 Å². The summed E-state index contributed by atoms with van der Waals surface area (Å²) < 4.78 is 27.9. The van der Waals surface area contributed by atoms with Crippen LogP contribution in [0.4, 0.5) is 0 Å². The predicted octanol–water partition coefficient (Wildman–Crippen LogP) is 4.22. The fraction of sp³-hybridized carbons (Fsp3) is 0.500. The zero-order valence-electron chi connectivity index (χ0n) is 22.0. The van der Waals surface area contributed by atoms with Crippen molar-refractivity contribution in [2.24, 2.45) is 0 Å². The number of nitrogens with one attached hydrogen (secondary N) is 1. The molecule has 10 heteroatoms. The van der Waals surface area contributed by atoms with Crippen molar-refractivity contribution in [1.29, 1.82) is 0 Å². The van der Waals surface area contributed by atoms with Crippen LogP contribution in [0.5, 0.6) is 0 Å². The highest BCUT2D eigenvalue weighted by atomic mass is 16.7. The number of rotatable bonds is 12. The third-order valence-corrected chi connectivity index (χ3v) is 5.82. The summed E-state index contributed by atoms with van der Waals surface area (Å²) >= 11 is 0. The first-order valence-electron chi connectivity index (χ1n) is 13.0. The fourth-order valence-corrected chi connectivity index (χ4v) is 4.02. The minimum Gasteiger partial charge on any atom is -0.456 e. The number of fused-ring (bicyclic) bond motifs is 1. The maximum absolute atomic E-state index is 12.7. The fourth-order valence-electron chi connectivity index (χ4n) is 4.02. The molecule has 3 rings (SSSR count). The summed E-state index contributed by atoms with van der Waals surface area (Å²) in [7, 11) is 0. The molecule has 0 saturated carbocycles. The van der Waals surface area contributed by atoms with Crippen molar-refractivity contribution in [3.05, 3.63) is 42.1 Å². The second-order valence-corrected chi connectivity index (χ2v) is 8.95. The van der Waals surface area contributed by atoms with Crippen molar-refractivity contribution < 1.29 is 42.9 Å². The van der Waals surface area contributed by atoms with Gasteiger partial charge in [0.15, 0.2) is 12.2 Å². The molecule has 1 aliphatic heterocycles. The van der Waals surface area contributed by atoms with E-state index in [4.69, 9.17) is 23.7 Å². The number of benzene rings is 1. The molecule has 1 N–H and O–H groups in total. The van der Waals surface area contributed by atoms with Gasteiger partial charge in [-0.15, -0.1) is 0 Å². The van der Waals surface area contributed by atoms with Crippen molar-refractivity contribution in [3.63, 3.8) is 0 Å². The molecule has 1 aromatic heterocycles. The third kappa shape index (κ3) is 7.92. The Morgan fingerprint density at radius 3 is 2.13 bits per heavy atom. The predicted molar refractivity (Wildman–Crippen MR) is 138 cm³/mol. The van der Waals surface area contributed by atoms with E-state index in [1.807, 2.05) is 38.1 Å². The van der Waals surface area contributed by atoms with Crippen LogP contribution >= 0.6 is 0 Å². The maximum Gasteiger partial charge on any atom is 0.333 e. The summed E-state index contributed by atoms with van der Waals surface area (Å²) in [6.45, 7) is 5.23. The highest BCUT2D eigenvalue weighted by Gasteiger charge is 2.49. The molecule has 1 aromatic carbocycles. The van der Waals surface area contributed by atoms with Gasteiger partial charge in [0.05, 0.1) is 6.61 Å². The molecule has 4 atom stereocenters. The van der Waals surface area contributed by atoms with Gasteiger partial charge in [0.2, 0.25) is 12.4 Å². The molecule has 0 unspecified atom stereocenters. The van der Waals surface area contributed by atoms with Gasteiger partial charge >= 0.3 is 23.9 Å². The minimum atomic E-state index is -1.38. The Labute approximate surface area is 221 Å². The first-order valence-corrected chi connectivity index (χ1v) is 13.0. The Kier molecular flexibility index (Phi) is 10.9. The number of carbonyl (C=O) groups excluding carboxylic acids is 4. The number of hydrogen-bond acceptors (Lipinski definition) is 9. The van der Waals surface area contributed by atoms with Crippen molar-refractivity contribution in [1.82, 2.24) is 4.98 Å². The average Bonchev–Trinajstić information content (AvgIpc) is 3.29. The number of aromatic amines is 1. The molecule has 2 heterocycles. The van der Waals surface area contributed by atoms with Crippen LogP contribution in [0.2, 0.25) is 0 Å². The van der Waals surface area contributed by atoms with E-state index in [-0.39, 0.29) is 25.9 Å². The van der Waals surface area contributed by atoms with Gasteiger partial charge in [-0.3, -0.25) is 14.4 Å². The number of H-pyrrole nitrogens is 1. The van der Waals surface area contributed by atoms with Crippen LogP contribution in [0.25, 0.3) is 17.0 Å². The van der Waals surface area contributed by atoms with Crippen molar-refractivity contribution in [3.8, 4) is 0 Å². The quantitative estimate of drug-likeness (QED) is 0.244. The molecule has 0 amide bonds. The molecule has 2 aromatic rings. The van der Waals surface area contributed by atoms with Crippen molar-refractivity contribution >= 4 is 40.9 Å². The van der Waals surface area contributed by atoms with E-state index in [0.29, 0.717) is 19.3 Å². The summed E-state index contributed by atoms with van der Waals surface area (Å²) in [6.07, 6.45) is 1.60. The number of hydrogen-bond donors (Lipinski definition) is 1.